The van der Waals surface area contributed by atoms with Crippen molar-refractivity contribution in [3.8, 4) is 0 Å². The van der Waals surface area contributed by atoms with Gasteiger partial charge in [-0.2, -0.15) is 0 Å². The molecule has 0 amide bonds. The minimum absolute atomic E-state index is 0.710. The van der Waals surface area contributed by atoms with E-state index in [-0.39, 0.29) is 0 Å². The Morgan fingerprint density at radius 2 is 1.89 bits per heavy atom. The van der Waals surface area contributed by atoms with Crippen molar-refractivity contribution in [1.82, 2.24) is 15.1 Å². The van der Waals surface area contributed by atoms with E-state index >= 15 is 0 Å². The highest BCUT2D eigenvalue weighted by Gasteiger charge is 2.33. The fourth-order valence-electron chi connectivity index (χ4n) is 3.89. The minimum Gasteiger partial charge on any atom is -0.313 e. The third-order valence-corrected chi connectivity index (χ3v) is 4.72. The molecule has 2 fully saturated rings. The van der Waals surface area contributed by atoms with Gasteiger partial charge in [0.15, 0.2) is 0 Å². The molecule has 106 valence electrons. The fourth-order valence-corrected chi connectivity index (χ4v) is 3.89. The first-order chi connectivity index (χ1) is 8.72. The van der Waals surface area contributed by atoms with Gasteiger partial charge in [0.1, 0.15) is 0 Å². The molecule has 1 aliphatic heterocycles. The molecule has 2 aliphatic rings. The fraction of sp³-hybridized carbons (Fsp3) is 1.00. The monoisotopic (exact) mass is 253 g/mol. The number of likely N-dealkylation sites (N-methyl/N-ethyl adjacent to an activating group) is 2. The van der Waals surface area contributed by atoms with Crippen molar-refractivity contribution in [2.45, 2.75) is 64.1 Å². The van der Waals surface area contributed by atoms with Gasteiger partial charge < -0.3 is 10.2 Å². The van der Waals surface area contributed by atoms with Crippen molar-refractivity contribution in [3.63, 3.8) is 0 Å². The van der Waals surface area contributed by atoms with Crippen LogP contribution >= 0.6 is 0 Å². The summed E-state index contributed by atoms with van der Waals surface area (Å²) in [4.78, 5) is 5.30. The summed E-state index contributed by atoms with van der Waals surface area (Å²) in [6.45, 7) is 9.56. The lowest BCUT2D eigenvalue weighted by molar-refractivity contribution is 0.0871. The van der Waals surface area contributed by atoms with Crippen LogP contribution in [0.1, 0.15) is 46.0 Å². The lowest BCUT2D eigenvalue weighted by Crippen LogP contribution is -2.55. The molecule has 0 bridgehead atoms. The molecule has 1 N–H and O–H groups in total. The summed E-state index contributed by atoms with van der Waals surface area (Å²) in [5.41, 5.74) is 0. The summed E-state index contributed by atoms with van der Waals surface area (Å²) in [5, 5.41) is 3.73. The summed E-state index contributed by atoms with van der Waals surface area (Å²) in [5.74, 6) is 0. The Kier molecular flexibility index (Phi) is 5.46. The zero-order chi connectivity index (χ0) is 13.0. The zero-order valence-corrected chi connectivity index (χ0v) is 12.5. The van der Waals surface area contributed by atoms with Crippen LogP contribution in [0, 0.1) is 0 Å². The van der Waals surface area contributed by atoms with Gasteiger partial charge in [0, 0.05) is 31.2 Å². The third kappa shape index (κ3) is 3.46. The topological polar surface area (TPSA) is 18.5 Å². The molecule has 1 saturated carbocycles. The average molecular weight is 253 g/mol. The highest BCUT2D eigenvalue weighted by molar-refractivity contribution is 4.91. The number of hydrogen-bond donors (Lipinski definition) is 1. The number of nitrogens with one attached hydrogen (secondary N) is 1. The van der Waals surface area contributed by atoms with Crippen LogP contribution in [-0.2, 0) is 0 Å². The average Bonchev–Trinajstić information content (AvgIpc) is 2.51. The van der Waals surface area contributed by atoms with Crippen molar-refractivity contribution < 1.29 is 0 Å². The molecule has 1 saturated heterocycles. The minimum atomic E-state index is 0.710. The van der Waals surface area contributed by atoms with Gasteiger partial charge in [-0.25, -0.2) is 0 Å². The van der Waals surface area contributed by atoms with Crippen molar-refractivity contribution in [1.29, 1.82) is 0 Å². The highest BCUT2D eigenvalue weighted by Crippen LogP contribution is 2.26. The molecule has 1 aliphatic carbocycles. The maximum absolute atomic E-state index is 3.73. The predicted molar refractivity (Wildman–Crippen MR) is 78.0 cm³/mol. The molecule has 3 unspecified atom stereocenters. The van der Waals surface area contributed by atoms with Gasteiger partial charge in [0.2, 0.25) is 0 Å². The van der Waals surface area contributed by atoms with E-state index in [1.165, 1.54) is 51.7 Å². The predicted octanol–water partition coefficient (Wildman–Crippen LogP) is 1.93. The van der Waals surface area contributed by atoms with E-state index in [1.54, 1.807) is 0 Å². The second-order valence-electron chi connectivity index (χ2n) is 6.22. The van der Waals surface area contributed by atoms with Crippen LogP contribution in [-0.4, -0.2) is 61.2 Å². The van der Waals surface area contributed by atoms with Gasteiger partial charge in [0.25, 0.3) is 0 Å². The molecule has 0 aromatic heterocycles. The Bertz CT molecular complexity index is 242. The number of rotatable bonds is 3. The molecule has 3 atom stereocenters. The summed E-state index contributed by atoms with van der Waals surface area (Å²) in [7, 11) is 2.27. The van der Waals surface area contributed by atoms with Gasteiger partial charge >= 0.3 is 0 Å². The maximum Gasteiger partial charge on any atom is 0.0252 e. The van der Waals surface area contributed by atoms with Gasteiger partial charge in [-0.15, -0.1) is 0 Å². The summed E-state index contributed by atoms with van der Waals surface area (Å²) < 4.78 is 0. The smallest absolute Gasteiger partial charge is 0.0252 e. The van der Waals surface area contributed by atoms with Crippen molar-refractivity contribution in [2.24, 2.45) is 0 Å². The van der Waals surface area contributed by atoms with Crippen LogP contribution in [0.2, 0.25) is 0 Å². The van der Waals surface area contributed by atoms with Gasteiger partial charge in [-0.1, -0.05) is 19.8 Å². The second kappa shape index (κ2) is 6.88. The van der Waals surface area contributed by atoms with E-state index in [0.717, 1.165) is 18.6 Å². The van der Waals surface area contributed by atoms with Gasteiger partial charge in [-0.3, -0.25) is 4.90 Å². The Balaban J connectivity index is 2.01. The summed E-state index contributed by atoms with van der Waals surface area (Å²) >= 11 is 0. The number of nitrogens with zero attached hydrogens (tertiary/aromatic N) is 2. The van der Waals surface area contributed by atoms with E-state index in [1.807, 2.05) is 0 Å². The first-order valence-electron chi connectivity index (χ1n) is 7.90. The van der Waals surface area contributed by atoms with E-state index in [9.17, 15) is 0 Å². The van der Waals surface area contributed by atoms with Crippen LogP contribution in [0.5, 0.6) is 0 Å². The SMILES string of the molecule is CCNC1CCCCC1N1CCCN(C)CC1C. The standard InChI is InChI=1S/C15H31N3/c1-4-16-14-8-5-6-9-15(14)18-11-7-10-17(3)12-13(18)2/h13-16H,4-12H2,1-3H3. The van der Waals surface area contributed by atoms with Crippen LogP contribution in [0.4, 0.5) is 0 Å². The van der Waals surface area contributed by atoms with Crippen LogP contribution in [0.15, 0.2) is 0 Å². The van der Waals surface area contributed by atoms with E-state index in [4.69, 9.17) is 0 Å². The Morgan fingerprint density at radius 3 is 2.67 bits per heavy atom. The molecule has 18 heavy (non-hydrogen) atoms. The second-order valence-corrected chi connectivity index (χ2v) is 6.22. The molecule has 0 radical (unpaired) electrons. The maximum atomic E-state index is 3.73. The lowest BCUT2D eigenvalue weighted by Gasteiger charge is -2.43. The molecule has 0 aromatic rings. The number of hydrogen-bond acceptors (Lipinski definition) is 3. The molecule has 0 spiro atoms. The lowest BCUT2D eigenvalue weighted by atomic mass is 9.88. The van der Waals surface area contributed by atoms with E-state index in [2.05, 4.69) is 36.0 Å². The van der Waals surface area contributed by atoms with Crippen LogP contribution in [0.25, 0.3) is 0 Å². The first-order valence-corrected chi connectivity index (χ1v) is 7.90. The van der Waals surface area contributed by atoms with Crippen LogP contribution in [0.3, 0.4) is 0 Å². The van der Waals surface area contributed by atoms with Gasteiger partial charge in [0.05, 0.1) is 0 Å². The van der Waals surface area contributed by atoms with E-state index < -0.39 is 0 Å². The Hall–Kier alpha value is -0.120. The molecule has 3 nitrogen and oxygen atoms in total. The molecule has 1 heterocycles. The normalized spacial score (nSPS) is 36.5. The highest BCUT2D eigenvalue weighted by atomic mass is 15.3. The molecule has 0 aromatic carbocycles. The van der Waals surface area contributed by atoms with Crippen molar-refractivity contribution in [2.75, 3.05) is 33.2 Å². The van der Waals surface area contributed by atoms with Gasteiger partial charge in [-0.05, 0) is 46.3 Å². The molecular weight excluding hydrogens is 222 g/mol. The largest absolute Gasteiger partial charge is 0.313 e. The summed E-state index contributed by atoms with van der Waals surface area (Å²) in [6, 6.07) is 2.22. The quantitative estimate of drug-likeness (QED) is 0.829. The molecule has 2 rings (SSSR count). The molecule has 3 heteroatoms. The Labute approximate surface area is 113 Å². The first kappa shape index (κ1) is 14.3. The van der Waals surface area contributed by atoms with Crippen LogP contribution < -0.4 is 5.32 Å². The summed E-state index contributed by atoms with van der Waals surface area (Å²) in [6.07, 6.45) is 6.93. The Morgan fingerprint density at radius 1 is 1.11 bits per heavy atom. The van der Waals surface area contributed by atoms with E-state index in [0.29, 0.717) is 6.04 Å². The van der Waals surface area contributed by atoms with Crippen molar-refractivity contribution >= 4 is 0 Å². The third-order valence-electron chi connectivity index (χ3n) is 4.72. The zero-order valence-electron chi connectivity index (χ0n) is 12.5. The van der Waals surface area contributed by atoms with Crippen molar-refractivity contribution in [3.05, 3.63) is 0 Å². The molecular formula is C15H31N3.